The summed E-state index contributed by atoms with van der Waals surface area (Å²) in [7, 11) is 3.26. The monoisotopic (exact) mass is 411 g/mol. The minimum Gasteiger partial charge on any atom is -0.493 e. The molecular formula is C22H22ClN3O3. The number of H-pyrrole nitrogens is 1. The van der Waals surface area contributed by atoms with Crippen LogP contribution >= 0.6 is 11.6 Å². The number of fused-ring (bicyclic) bond motifs is 1. The van der Waals surface area contributed by atoms with Crippen LogP contribution in [-0.4, -0.2) is 35.6 Å². The Morgan fingerprint density at radius 2 is 1.86 bits per heavy atom. The molecule has 3 aromatic rings. The number of nitrogens with one attached hydrogen (secondary N) is 1. The number of aromatic amines is 1. The van der Waals surface area contributed by atoms with E-state index in [1.165, 1.54) is 0 Å². The molecule has 1 aliphatic rings. The zero-order valence-corrected chi connectivity index (χ0v) is 17.1. The van der Waals surface area contributed by atoms with Gasteiger partial charge in [0.1, 0.15) is 5.82 Å². The van der Waals surface area contributed by atoms with Gasteiger partial charge in [-0.3, -0.25) is 9.69 Å². The number of rotatable bonds is 5. The number of methoxy groups -OCH3 is 2. The third-order valence-electron chi connectivity index (χ3n) is 5.12. The van der Waals surface area contributed by atoms with Gasteiger partial charge in [0.2, 0.25) is 0 Å². The Kier molecular flexibility index (Phi) is 5.56. The van der Waals surface area contributed by atoms with Crippen LogP contribution in [0.3, 0.4) is 0 Å². The molecule has 29 heavy (non-hydrogen) atoms. The number of halogens is 1. The van der Waals surface area contributed by atoms with Crippen molar-refractivity contribution in [1.82, 2.24) is 14.9 Å². The first-order valence-corrected chi connectivity index (χ1v) is 9.76. The van der Waals surface area contributed by atoms with E-state index in [9.17, 15) is 4.79 Å². The first-order valence-electron chi connectivity index (χ1n) is 9.38. The Balaban J connectivity index is 1.57. The van der Waals surface area contributed by atoms with Gasteiger partial charge in [-0.2, -0.15) is 0 Å². The van der Waals surface area contributed by atoms with Gasteiger partial charge in [-0.25, -0.2) is 4.98 Å². The molecule has 0 fully saturated rings. The molecule has 0 aliphatic carbocycles. The van der Waals surface area contributed by atoms with Crippen LogP contribution in [0.1, 0.15) is 16.8 Å². The van der Waals surface area contributed by atoms with Gasteiger partial charge < -0.3 is 14.5 Å². The summed E-state index contributed by atoms with van der Waals surface area (Å²) >= 11 is 5.97. The largest absolute Gasteiger partial charge is 0.493 e. The highest BCUT2D eigenvalue weighted by atomic mass is 35.5. The minimum atomic E-state index is -0.0642. The van der Waals surface area contributed by atoms with Gasteiger partial charge in [0.25, 0.3) is 5.56 Å². The number of benzene rings is 2. The molecule has 1 aliphatic heterocycles. The summed E-state index contributed by atoms with van der Waals surface area (Å²) in [5.74, 6) is 1.99. The standard InChI is InChI=1S/C22H22ClN3O3/c1-28-19-8-3-14(11-20(19)29-2)12-26-10-9-17-18(13-26)24-21(25-22(17)27)15-4-6-16(23)7-5-15/h3-8,11H,9-10,12-13H2,1-2H3,(H,24,25,27). The molecule has 1 aromatic heterocycles. The molecule has 0 unspecified atom stereocenters. The van der Waals surface area contributed by atoms with E-state index in [1.807, 2.05) is 30.3 Å². The van der Waals surface area contributed by atoms with Crippen LogP contribution in [0.5, 0.6) is 11.5 Å². The van der Waals surface area contributed by atoms with Crippen molar-refractivity contribution >= 4 is 11.6 Å². The summed E-state index contributed by atoms with van der Waals surface area (Å²) in [4.78, 5) is 22.5. The Morgan fingerprint density at radius 1 is 1.10 bits per heavy atom. The summed E-state index contributed by atoms with van der Waals surface area (Å²) in [5.41, 5.74) is 3.49. The molecule has 150 valence electrons. The number of nitrogens with zero attached hydrogens (tertiary/aromatic N) is 2. The Bertz CT molecular complexity index is 1080. The highest BCUT2D eigenvalue weighted by molar-refractivity contribution is 6.30. The molecule has 6 nitrogen and oxygen atoms in total. The van der Waals surface area contributed by atoms with Crippen molar-refractivity contribution in [3.05, 3.63) is 74.7 Å². The van der Waals surface area contributed by atoms with Crippen LogP contribution in [0.2, 0.25) is 5.02 Å². The lowest BCUT2D eigenvalue weighted by molar-refractivity contribution is 0.240. The van der Waals surface area contributed by atoms with E-state index in [0.29, 0.717) is 35.3 Å². The van der Waals surface area contributed by atoms with E-state index in [4.69, 9.17) is 26.1 Å². The second kappa shape index (κ2) is 8.27. The zero-order valence-electron chi connectivity index (χ0n) is 16.4. The fraction of sp³-hybridized carbons (Fsp3) is 0.273. The highest BCUT2D eigenvalue weighted by Gasteiger charge is 2.22. The predicted octanol–water partition coefficient (Wildman–Crippen LogP) is 3.67. The molecule has 0 spiro atoms. The Hall–Kier alpha value is -2.83. The lowest BCUT2D eigenvalue weighted by atomic mass is 10.0. The molecular weight excluding hydrogens is 390 g/mol. The average Bonchev–Trinajstić information content (AvgIpc) is 2.74. The molecule has 2 heterocycles. The smallest absolute Gasteiger partial charge is 0.254 e. The maximum Gasteiger partial charge on any atom is 0.254 e. The number of ether oxygens (including phenoxy) is 2. The number of aromatic nitrogens is 2. The van der Waals surface area contributed by atoms with Crippen molar-refractivity contribution in [1.29, 1.82) is 0 Å². The predicted molar refractivity (Wildman–Crippen MR) is 113 cm³/mol. The van der Waals surface area contributed by atoms with E-state index in [2.05, 4.69) is 9.88 Å². The van der Waals surface area contributed by atoms with Gasteiger partial charge in [0.05, 0.1) is 19.9 Å². The molecule has 0 saturated heterocycles. The molecule has 0 amide bonds. The molecule has 4 rings (SSSR count). The first-order chi connectivity index (χ1) is 14.1. The fourth-order valence-corrected chi connectivity index (χ4v) is 3.74. The second-order valence-electron chi connectivity index (χ2n) is 7.00. The first kappa shape index (κ1) is 19.5. The van der Waals surface area contributed by atoms with Gasteiger partial charge in [-0.1, -0.05) is 17.7 Å². The SMILES string of the molecule is COc1ccc(CN2CCc3c(nc(-c4ccc(Cl)cc4)[nH]c3=O)C2)cc1OC. The van der Waals surface area contributed by atoms with Crippen molar-refractivity contribution in [2.75, 3.05) is 20.8 Å². The number of hydrogen-bond donors (Lipinski definition) is 1. The van der Waals surface area contributed by atoms with Crippen molar-refractivity contribution in [3.8, 4) is 22.9 Å². The van der Waals surface area contributed by atoms with E-state index in [1.54, 1.807) is 26.4 Å². The van der Waals surface area contributed by atoms with Crippen molar-refractivity contribution in [3.63, 3.8) is 0 Å². The quantitative estimate of drug-likeness (QED) is 0.693. The van der Waals surface area contributed by atoms with Crippen molar-refractivity contribution in [2.24, 2.45) is 0 Å². The molecule has 0 saturated carbocycles. The van der Waals surface area contributed by atoms with Gasteiger partial charge in [-0.05, 0) is 48.4 Å². The summed E-state index contributed by atoms with van der Waals surface area (Å²) < 4.78 is 10.7. The van der Waals surface area contributed by atoms with Crippen molar-refractivity contribution < 1.29 is 9.47 Å². The lowest BCUT2D eigenvalue weighted by Crippen LogP contribution is -2.35. The van der Waals surface area contributed by atoms with E-state index >= 15 is 0 Å². The van der Waals surface area contributed by atoms with Crippen molar-refractivity contribution in [2.45, 2.75) is 19.5 Å². The fourth-order valence-electron chi connectivity index (χ4n) is 3.61. The molecule has 1 N–H and O–H groups in total. The van der Waals surface area contributed by atoms with Gasteiger partial charge in [-0.15, -0.1) is 0 Å². The second-order valence-corrected chi connectivity index (χ2v) is 7.43. The highest BCUT2D eigenvalue weighted by Crippen LogP contribution is 2.29. The number of hydrogen-bond acceptors (Lipinski definition) is 5. The third kappa shape index (κ3) is 4.13. The normalized spacial score (nSPS) is 13.8. The zero-order chi connectivity index (χ0) is 20.4. The molecule has 2 aromatic carbocycles. The van der Waals surface area contributed by atoms with Crippen LogP contribution in [0.4, 0.5) is 0 Å². The lowest BCUT2D eigenvalue weighted by Gasteiger charge is -2.28. The minimum absolute atomic E-state index is 0.0642. The Labute approximate surface area is 174 Å². The summed E-state index contributed by atoms with van der Waals surface area (Å²) in [5, 5.41) is 0.648. The Morgan fingerprint density at radius 3 is 2.59 bits per heavy atom. The van der Waals surface area contributed by atoms with Crippen LogP contribution in [-0.2, 0) is 19.5 Å². The summed E-state index contributed by atoms with van der Waals surface area (Å²) in [6.45, 7) is 2.16. The van der Waals surface area contributed by atoms with Gasteiger partial charge in [0, 0.05) is 35.8 Å². The van der Waals surface area contributed by atoms with E-state index < -0.39 is 0 Å². The summed E-state index contributed by atoms with van der Waals surface area (Å²) in [6, 6.07) is 13.2. The van der Waals surface area contributed by atoms with Crippen LogP contribution < -0.4 is 15.0 Å². The molecule has 0 bridgehead atoms. The summed E-state index contributed by atoms with van der Waals surface area (Å²) in [6.07, 6.45) is 0.672. The third-order valence-corrected chi connectivity index (χ3v) is 5.38. The van der Waals surface area contributed by atoms with E-state index in [0.717, 1.165) is 35.5 Å². The topological polar surface area (TPSA) is 67.5 Å². The van der Waals surface area contributed by atoms with Crippen LogP contribution in [0, 0.1) is 0 Å². The van der Waals surface area contributed by atoms with Crippen LogP contribution in [0.15, 0.2) is 47.3 Å². The maximum atomic E-state index is 12.6. The van der Waals surface area contributed by atoms with Crippen LogP contribution in [0.25, 0.3) is 11.4 Å². The van der Waals surface area contributed by atoms with E-state index in [-0.39, 0.29) is 5.56 Å². The molecule has 0 atom stereocenters. The van der Waals surface area contributed by atoms with Gasteiger partial charge in [0.15, 0.2) is 11.5 Å². The molecule has 0 radical (unpaired) electrons. The maximum absolute atomic E-state index is 12.6. The average molecular weight is 412 g/mol. The molecule has 7 heteroatoms. The van der Waals surface area contributed by atoms with Gasteiger partial charge >= 0.3 is 0 Å².